The molecule has 8 nitrogen and oxygen atoms in total. The van der Waals surface area contributed by atoms with Crippen LogP contribution < -0.4 is 0 Å². The molecule has 0 heterocycles. The van der Waals surface area contributed by atoms with Gasteiger partial charge in [0.05, 0.1) is 34.4 Å². The van der Waals surface area contributed by atoms with E-state index in [0.717, 1.165) is 51.4 Å². The van der Waals surface area contributed by atoms with E-state index in [1.807, 2.05) is 21.1 Å². The molecule has 0 amide bonds. The molecule has 0 aliphatic rings. The Hall–Kier alpha value is -1.93. The number of carboxylic acid groups (broad SMARTS) is 1. The average molecular weight is 627 g/mol. The van der Waals surface area contributed by atoms with Crippen LogP contribution in [0.15, 0.2) is 12.2 Å². The monoisotopic (exact) mass is 626 g/mol. The molecule has 0 saturated carbocycles. The van der Waals surface area contributed by atoms with Crippen molar-refractivity contribution in [2.24, 2.45) is 0 Å². The summed E-state index contributed by atoms with van der Waals surface area (Å²) in [5.41, 5.74) is 0. The number of rotatable bonds is 31. The first kappa shape index (κ1) is 42.1. The van der Waals surface area contributed by atoms with Crippen molar-refractivity contribution >= 4 is 17.9 Å². The van der Waals surface area contributed by atoms with Crippen LogP contribution in [-0.4, -0.2) is 80.6 Å². The molecule has 2 atom stereocenters. The van der Waals surface area contributed by atoms with E-state index >= 15 is 0 Å². The number of esters is 2. The number of carbonyl (C=O) groups excluding carboxylic acids is 2. The summed E-state index contributed by atoms with van der Waals surface area (Å²) in [7, 11) is 5.50. The molecule has 8 heteroatoms. The van der Waals surface area contributed by atoms with E-state index in [1.54, 1.807) is 0 Å². The molecule has 0 spiro atoms. The predicted octanol–water partition coefficient (Wildman–Crippen LogP) is 8.41. The first-order valence-corrected chi connectivity index (χ1v) is 17.7. The SMILES string of the molecule is CCCCCC/C=C\CCCCCCCC(=O)OC(COCCC(C(=O)O)[N+](C)(C)C)COC(=O)CCCCCCCCC. The Labute approximate surface area is 269 Å². The van der Waals surface area contributed by atoms with Crippen LogP contribution in [0.1, 0.15) is 149 Å². The summed E-state index contributed by atoms with van der Waals surface area (Å²) in [4.78, 5) is 36.5. The van der Waals surface area contributed by atoms with Gasteiger partial charge in [-0.15, -0.1) is 0 Å². The molecule has 0 aromatic carbocycles. The maximum absolute atomic E-state index is 12.6. The largest absolute Gasteiger partial charge is 0.477 e. The Kier molecular flexibility index (Phi) is 27.3. The highest BCUT2D eigenvalue weighted by molar-refractivity contribution is 5.72. The van der Waals surface area contributed by atoms with Crippen LogP contribution in [0.4, 0.5) is 0 Å². The van der Waals surface area contributed by atoms with Crippen LogP contribution >= 0.6 is 0 Å². The van der Waals surface area contributed by atoms with E-state index < -0.39 is 18.1 Å². The van der Waals surface area contributed by atoms with Gasteiger partial charge >= 0.3 is 17.9 Å². The Morgan fingerprint density at radius 3 is 1.66 bits per heavy atom. The van der Waals surface area contributed by atoms with Crippen molar-refractivity contribution in [2.45, 2.75) is 161 Å². The van der Waals surface area contributed by atoms with Gasteiger partial charge in [-0.3, -0.25) is 9.59 Å². The number of likely N-dealkylation sites (N-methyl/N-ethyl adjacent to an activating group) is 1. The number of aliphatic carboxylic acids is 1. The molecule has 1 N–H and O–H groups in total. The Morgan fingerprint density at radius 1 is 0.659 bits per heavy atom. The van der Waals surface area contributed by atoms with Crippen molar-refractivity contribution in [3.05, 3.63) is 12.2 Å². The molecule has 44 heavy (non-hydrogen) atoms. The zero-order valence-corrected chi connectivity index (χ0v) is 29.1. The molecule has 0 rings (SSSR count). The third kappa shape index (κ3) is 26.5. The lowest BCUT2D eigenvalue weighted by atomic mass is 10.1. The van der Waals surface area contributed by atoms with Crippen molar-refractivity contribution in [1.29, 1.82) is 0 Å². The summed E-state index contributed by atoms with van der Waals surface area (Å²) in [6.45, 7) is 4.65. The molecule has 2 unspecified atom stereocenters. The van der Waals surface area contributed by atoms with Gasteiger partial charge < -0.3 is 23.8 Å². The number of quaternary nitrogens is 1. The van der Waals surface area contributed by atoms with Crippen molar-refractivity contribution < 1.29 is 38.2 Å². The van der Waals surface area contributed by atoms with Gasteiger partial charge in [0.25, 0.3) is 0 Å². The highest BCUT2D eigenvalue weighted by atomic mass is 16.6. The second-order valence-corrected chi connectivity index (χ2v) is 13.1. The van der Waals surface area contributed by atoms with Crippen LogP contribution in [0.3, 0.4) is 0 Å². The number of hydrogen-bond donors (Lipinski definition) is 1. The fourth-order valence-electron chi connectivity index (χ4n) is 5.08. The van der Waals surface area contributed by atoms with E-state index in [9.17, 15) is 19.5 Å². The molecule has 0 aliphatic heterocycles. The van der Waals surface area contributed by atoms with Crippen LogP contribution in [0, 0.1) is 0 Å². The number of ether oxygens (including phenoxy) is 3. The number of hydrogen-bond acceptors (Lipinski definition) is 6. The summed E-state index contributed by atoms with van der Waals surface area (Å²) in [6.07, 6.45) is 25.5. The summed E-state index contributed by atoms with van der Waals surface area (Å²) < 4.78 is 17.1. The van der Waals surface area contributed by atoms with Gasteiger partial charge in [0.1, 0.15) is 6.61 Å². The minimum absolute atomic E-state index is 0.0507. The lowest BCUT2D eigenvalue weighted by Gasteiger charge is -2.31. The molecule has 0 fully saturated rings. The highest BCUT2D eigenvalue weighted by Crippen LogP contribution is 2.13. The second-order valence-electron chi connectivity index (χ2n) is 13.1. The van der Waals surface area contributed by atoms with E-state index in [1.165, 1.54) is 64.2 Å². The summed E-state index contributed by atoms with van der Waals surface area (Å²) in [5.74, 6) is -1.48. The number of allylic oxidation sites excluding steroid dienone is 2. The molecule has 0 aliphatic carbocycles. The van der Waals surface area contributed by atoms with Crippen LogP contribution in [0.25, 0.3) is 0 Å². The fourth-order valence-corrected chi connectivity index (χ4v) is 5.08. The first-order valence-electron chi connectivity index (χ1n) is 17.7. The third-order valence-electron chi connectivity index (χ3n) is 7.91. The summed E-state index contributed by atoms with van der Waals surface area (Å²) in [5, 5.41) is 9.54. The van der Waals surface area contributed by atoms with Gasteiger partial charge in [-0.05, 0) is 38.5 Å². The topological polar surface area (TPSA) is 99.1 Å². The van der Waals surface area contributed by atoms with Gasteiger partial charge in [-0.2, -0.15) is 0 Å². The third-order valence-corrected chi connectivity index (χ3v) is 7.91. The maximum atomic E-state index is 12.6. The number of nitrogens with zero attached hydrogens (tertiary/aromatic N) is 1. The minimum Gasteiger partial charge on any atom is -0.477 e. The maximum Gasteiger partial charge on any atom is 0.362 e. The fraction of sp³-hybridized carbons (Fsp3) is 0.861. The summed E-state index contributed by atoms with van der Waals surface area (Å²) in [6, 6.07) is -0.609. The lowest BCUT2D eigenvalue weighted by Crippen LogP contribution is -2.50. The quantitative estimate of drug-likeness (QED) is 0.0357. The van der Waals surface area contributed by atoms with Gasteiger partial charge in [0.15, 0.2) is 12.1 Å². The van der Waals surface area contributed by atoms with Gasteiger partial charge in [0.2, 0.25) is 0 Å². The Bertz CT molecular complexity index is 747. The molecule has 0 saturated heterocycles. The summed E-state index contributed by atoms with van der Waals surface area (Å²) >= 11 is 0. The first-order chi connectivity index (χ1) is 21.1. The van der Waals surface area contributed by atoms with Crippen molar-refractivity contribution in [2.75, 3.05) is 41.0 Å². The highest BCUT2D eigenvalue weighted by Gasteiger charge is 2.31. The minimum atomic E-state index is -0.877. The molecular formula is C36H68NO7+. The molecular weight excluding hydrogens is 558 g/mol. The van der Waals surface area contributed by atoms with Crippen molar-refractivity contribution in [1.82, 2.24) is 0 Å². The number of unbranched alkanes of at least 4 members (excludes halogenated alkanes) is 15. The molecule has 0 aromatic rings. The van der Waals surface area contributed by atoms with E-state index in [0.29, 0.717) is 19.3 Å². The standard InChI is InChI=1S/C36H67NO7/c1-6-8-10-12-14-15-16-17-18-19-21-23-25-27-35(39)44-32(30-42-29-28-33(36(40)41)37(3,4)5)31-43-34(38)26-24-22-20-13-11-9-7-2/h15-16,32-33H,6-14,17-31H2,1-5H3/p+1/b16-15-. The normalized spacial score (nSPS) is 13.2. The molecule has 0 radical (unpaired) electrons. The van der Waals surface area contributed by atoms with E-state index in [2.05, 4.69) is 26.0 Å². The van der Waals surface area contributed by atoms with Crippen LogP contribution in [0.2, 0.25) is 0 Å². The molecule has 0 bridgehead atoms. The Morgan fingerprint density at radius 2 is 1.14 bits per heavy atom. The average Bonchev–Trinajstić information content (AvgIpc) is 2.96. The van der Waals surface area contributed by atoms with Gasteiger partial charge in [-0.1, -0.05) is 103 Å². The Balaban J connectivity index is 4.44. The molecule has 0 aromatic heterocycles. The zero-order valence-electron chi connectivity index (χ0n) is 29.1. The van der Waals surface area contributed by atoms with Crippen molar-refractivity contribution in [3.8, 4) is 0 Å². The second kappa shape index (κ2) is 28.5. The molecule has 258 valence electrons. The van der Waals surface area contributed by atoms with Gasteiger partial charge in [-0.25, -0.2) is 4.79 Å². The predicted molar refractivity (Wildman–Crippen MR) is 179 cm³/mol. The van der Waals surface area contributed by atoms with Crippen LogP contribution in [-0.2, 0) is 28.6 Å². The van der Waals surface area contributed by atoms with Crippen LogP contribution in [0.5, 0.6) is 0 Å². The number of carboxylic acids is 1. The van der Waals surface area contributed by atoms with E-state index in [-0.39, 0.29) is 36.2 Å². The van der Waals surface area contributed by atoms with E-state index in [4.69, 9.17) is 14.2 Å². The smallest absolute Gasteiger partial charge is 0.362 e. The number of carbonyl (C=O) groups is 3. The zero-order chi connectivity index (χ0) is 32.9. The van der Waals surface area contributed by atoms with Gasteiger partial charge in [0, 0.05) is 19.3 Å². The lowest BCUT2D eigenvalue weighted by molar-refractivity contribution is -0.887. The van der Waals surface area contributed by atoms with Crippen molar-refractivity contribution in [3.63, 3.8) is 0 Å².